The van der Waals surface area contributed by atoms with Crippen LogP contribution in [0.1, 0.15) is 12.5 Å². The second-order valence-electron chi connectivity index (χ2n) is 5.00. The normalized spacial score (nSPS) is 10.4. The molecule has 0 saturated carbocycles. The van der Waals surface area contributed by atoms with E-state index in [9.17, 15) is 4.79 Å². The number of aromatic nitrogens is 3. The number of hydrogen-bond acceptors (Lipinski definition) is 3. The highest BCUT2D eigenvalue weighted by Gasteiger charge is 2.07. The predicted octanol–water partition coefficient (Wildman–Crippen LogP) is 2.95. The number of amides is 1. The molecule has 0 fully saturated rings. The highest BCUT2D eigenvalue weighted by Crippen LogP contribution is 2.22. The van der Waals surface area contributed by atoms with Gasteiger partial charge in [0.1, 0.15) is 5.82 Å². The number of anilines is 1. The number of pyridine rings is 1. The SMILES string of the molecule is CC(=O)Nc1cccc(-c2nccn2Cc2cccnc2)c1. The number of nitrogens with one attached hydrogen (secondary N) is 1. The maximum absolute atomic E-state index is 11.2. The molecule has 110 valence electrons. The summed E-state index contributed by atoms with van der Waals surface area (Å²) >= 11 is 0. The topological polar surface area (TPSA) is 59.8 Å². The van der Waals surface area contributed by atoms with Crippen molar-refractivity contribution < 1.29 is 4.79 Å². The van der Waals surface area contributed by atoms with Crippen LogP contribution in [0.2, 0.25) is 0 Å². The maximum atomic E-state index is 11.2. The Morgan fingerprint density at radius 2 is 2.14 bits per heavy atom. The van der Waals surface area contributed by atoms with E-state index in [2.05, 4.69) is 19.9 Å². The standard InChI is InChI=1S/C17H16N4O/c1-13(22)20-16-6-2-5-15(10-16)17-19-8-9-21(17)12-14-4-3-7-18-11-14/h2-11H,12H2,1H3,(H,20,22). The van der Waals surface area contributed by atoms with Gasteiger partial charge in [-0.3, -0.25) is 9.78 Å². The molecule has 0 radical (unpaired) electrons. The van der Waals surface area contributed by atoms with E-state index in [0.29, 0.717) is 6.54 Å². The second kappa shape index (κ2) is 6.22. The minimum absolute atomic E-state index is 0.0872. The van der Waals surface area contributed by atoms with Crippen LogP contribution in [-0.2, 0) is 11.3 Å². The van der Waals surface area contributed by atoms with E-state index in [1.54, 1.807) is 12.4 Å². The van der Waals surface area contributed by atoms with Gasteiger partial charge < -0.3 is 9.88 Å². The van der Waals surface area contributed by atoms with Gasteiger partial charge in [0, 0.05) is 43.0 Å². The fraction of sp³-hybridized carbons (Fsp3) is 0.118. The summed E-state index contributed by atoms with van der Waals surface area (Å²) in [5.41, 5.74) is 2.83. The fourth-order valence-corrected chi connectivity index (χ4v) is 2.32. The molecule has 2 heterocycles. The minimum atomic E-state index is -0.0872. The summed E-state index contributed by atoms with van der Waals surface area (Å²) in [5, 5.41) is 2.79. The number of benzene rings is 1. The number of carbonyl (C=O) groups excluding carboxylic acids is 1. The zero-order valence-corrected chi connectivity index (χ0v) is 12.2. The molecule has 0 spiro atoms. The summed E-state index contributed by atoms with van der Waals surface area (Å²) in [6.45, 7) is 2.20. The zero-order valence-electron chi connectivity index (χ0n) is 12.2. The summed E-state index contributed by atoms with van der Waals surface area (Å²) in [6.07, 6.45) is 7.32. The molecular weight excluding hydrogens is 276 g/mol. The number of nitrogens with zero attached hydrogens (tertiary/aromatic N) is 3. The van der Waals surface area contributed by atoms with Crippen molar-refractivity contribution in [3.05, 3.63) is 66.7 Å². The van der Waals surface area contributed by atoms with E-state index in [1.165, 1.54) is 6.92 Å². The first-order chi connectivity index (χ1) is 10.7. The summed E-state index contributed by atoms with van der Waals surface area (Å²) < 4.78 is 2.06. The summed E-state index contributed by atoms with van der Waals surface area (Å²) in [4.78, 5) is 19.7. The van der Waals surface area contributed by atoms with E-state index >= 15 is 0 Å². The first-order valence-electron chi connectivity index (χ1n) is 7.00. The summed E-state index contributed by atoms with van der Waals surface area (Å²) in [6, 6.07) is 11.6. The van der Waals surface area contributed by atoms with Gasteiger partial charge in [-0.15, -0.1) is 0 Å². The van der Waals surface area contributed by atoms with Crippen molar-refractivity contribution in [3.63, 3.8) is 0 Å². The smallest absolute Gasteiger partial charge is 0.221 e. The van der Waals surface area contributed by atoms with E-state index < -0.39 is 0 Å². The van der Waals surface area contributed by atoms with Crippen LogP contribution in [-0.4, -0.2) is 20.4 Å². The Morgan fingerprint density at radius 3 is 2.91 bits per heavy atom. The maximum Gasteiger partial charge on any atom is 0.221 e. The summed E-state index contributed by atoms with van der Waals surface area (Å²) in [5.74, 6) is 0.770. The molecule has 5 heteroatoms. The molecule has 0 bridgehead atoms. The van der Waals surface area contributed by atoms with Crippen LogP contribution in [0.25, 0.3) is 11.4 Å². The third-order valence-corrected chi connectivity index (χ3v) is 3.23. The minimum Gasteiger partial charge on any atom is -0.327 e. The van der Waals surface area contributed by atoms with E-state index in [0.717, 1.165) is 22.6 Å². The van der Waals surface area contributed by atoms with Gasteiger partial charge in [-0.25, -0.2) is 4.98 Å². The molecule has 1 amide bonds. The van der Waals surface area contributed by atoms with Gasteiger partial charge in [-0.1, -0.05) is 18.2 Å². The van der Waals surface area contributed by atoms with Crippen LogP contribution in [0.15, 0.2) is 61.2 Å². The Bertz CT molecular complexity index is 780. The predicted molar refractivity (Wildman–Crippen MR) is 85.3 cm³/mol. The second-order valence-corrected chi connectivity index (χ2v) is 5.00. The van der Waals surface area contributed by atoms with Gasteiger partial charge in [0.15, 0.2) is 0 Å². The van der Waals surface area contributed by atoms with Crippen molar-refractivity contribution in [1.29, 1.82) is 0 Å². The Balaban J connectivity index is 1.90. The summed E-state index contributed by atoms with van der Waals surface area (Å²) in [7, 11) is 0. The Hall–Kier alpha value is -2.95. The van der Waals surface area contributed by atoms with Crippen molar-refractivity contribution in [1.82, 2.24) is 14.5 Å². The van der Waals surface area contributed by atoms with Crippen molar-refractivity contribution >= 4 is 11.6 Å². The van der Waals surface area contributed by atoms with Crippen LogP contribution in [0, 0.1) is 0 Å². The largest absolute Gasteiger partial charge is 0.327 e. The molecule has 3 aromatic rings. The Labute approximate surface area is 128 Å². The molecule has 0 unspecified atom stereocenters. The quantitative estimate of drug-likeness (QED) is 0.804. The molecular formula is C17H16N4O. The Morgan fingerprint density at radius 1 is 1.23 bits per heavy atom. The fourth-order valence-electron chi connectivity index (χ4n) is 2.32. The number of rotatable bonds is 4. The molecule has 0 saturated heterocycles. The third-order valence-electron chi connectivity index (χ3n) is 3.23. The molecule has 0 aliphatic rings. The highest BCUT2D eigenvalue weighted by atomic mass is 16.1. The van der Waals surface area contributed by atoms with Crippen molar-refractivity contribution in [2.75, 3.05) is 5.32 Å². The van der Waals surface area contributed by atoms with Crippen molar-refractivity contribution in [2.24, 2.45) is 0 Å². The highest BCUT2D eigenvalue weighted by molar-refractivity contribution is 5.89. The number of hydrogen-bond donors (Lipinski definition) is 1. The molecule has 5 nitrogen and oxygen atoms in total. The average molecular weight is 292 g/mol. The molecule has 0 aliphatic heterocycles. The lowest BCUT2D eigenvalue weighted by Crippen LogP contribution is -2.06. The Kier molecular flexibility index (Phi) is 3.96. The third kappa shape index (κ3) is 3.20. The first-order valence-corrected chi connectivity index (χ1v) is 7.00. The molecule has 0 atom stereocenters. The average Bonchev–Trinajstić information content (AvgIpc) is 2.96. The lowest BCUT2D eigenvalue weighted by atomic mass is 10.2. The molecule has 0 aliphatic carbocycles. The molecule has 2 aromatic heterocycles. The van der Waals surface area contributed by atoms with Gasteiger partial charge in [-0.05, 0) is 23.8 Å². The molecule has 3 rings (SSSR count). The van der Waals surface area contributed by atoms with Crippen LogP contribution >= 0.6 is 0 Å². The van der Waals surface area contributed by atoms with E-state index in [-0.39, 0.29) is 5.91 Å². The van der Waals surface area contributed by atoms with Crippen LogP contribution in [0.5, 0.6) is 0 Å². The van der Waals surface area contributed by atoms with Gasteiger partial charge in [-0.2, -0.15) is 0 Å². The van der Waals surface area contributed by atoms with Gasteiger partial charge in [0.05, 0.1) is 6.54 Å². The van der Waals surface area contributed by atoms with Crippen molar-refractivity contribution in [2.45, 2.75) is 13.5 Å². The lowest BCUT2D eigenvalue weighted by molar-refractivity contribution is -0.114. The first kappa shape index (κ1) is 14.0. The van der Waals surface area contributed by atoms with Crippen LogP contribution < -0.4 is 5.32 Å². The molecule has 1 aromatic carbocycles. The van der Waals surface area contributed by atoms with Gasteiger partial charge in [0.2, 0.25) is 5.91 Å². The molecule has 1 N–H and O–H groups in total. The monoisotopic (exact) mass is 292 g/mol. The number of carbonyl (C=O) groups is 1. The van der Waals surface area contributed by atoms with Gasteiger partial charge >= 0.3 is 0 Å². The lowest BCUT2D eigenvalue weighted by Gasteiger charge is -2.09. The van der Waals surface area contributed by atoms with Crippen LogP contribution in [0.3, 0.4) is 0 Å². The van der Waals surface area contributed by atoms with E-state index in [1.807, 2.05) is 48.8 Å². The molecule has 22 heavy (non-hydrogen) atoms. The van der Waals surface area contributed by atoms with E-state index in [4.69, 9.17) is 0 Å². The zero-order chi connectivity index (χ0) is 15.4. The van der Waals surface area contributed by atoms with Crippen LogP contribution in [0.4, 0.5) is 5.69 Å². The van der Waals surface area contributed by atoms with Gasteiger partial charge in [0.25, 0.3) is 0 Å². The van der Waals surface area contributed by atoms with Crippen molar-refractivity contribution in [3.8, 4) is 11.4 Å². The number of imidazole rings is 1.